The highest BCUT2D eigenvalue weighted by Crippen LogP contribution is 2.32. The van der Waals surface area contributed by atoms with Crippen molar-refractivity contribution in [2.45, 2.75) is 39.3 Å². The van der Waals surface area contributed by atoms with Crippen LogP contribution >= 0.6 is 0 Å². The topological polar surface area (TPSA) is 54.0 Å². The monoisotopic (exact) mass is 347 g/mol. The summed E-state index contributed by atoms with van der Waals surface area (Å²) in [6.45, 7) is 11.7. The molecule has 2 aliphatic heterocycles. The normalized spacial score (nSPS) is 17.8. The molecule has 1 fully saturated rings. The fraction of sp³-hybridized carbons (Fsp3) is 0.632. The summed E-state index contributed by atoms with van der Waals surface area (Å²) in [5, 5.41) is 3.37. The van der Waals surface area contributed by atoms with Gasteiger partial charge in [0.2, 0.25) is 12.7 Å². The Morgan fingerprint density at radius 3 is 2.56 bits per heavy atom. The zero-order valence-corrected chi connectivity index (χ0v) is 15.5. The quantitative estimate of drug-likeness (QED) is 0.881. The van der Waals surface area contributed by atoms with Crippen LogP contribution in [0.1, 0.15) is 32.8 Å². The zero-order chi connectivity index (χ0) is 17.9. The Morgan fingerprint density at radius 1 is 1.12 bits per heavy atom. The van der Waals surface area contributed by atoms with E-state index in [2.05, 4.69) is 43.1 Å². The molecule has 6 nitrogen and oxygen atoms in total. The lowest BCUT2D eigenvalue weighted by atomic mass is 10.1. The maximum atomic E-state index is 12.3. The van der Waals surface area contributed by atoms with Gasteiger partial charge in [0.25, 0.3) is 0 Å². The van der Waals surface area contributed by atoms with Gasteiger partial charge in [0.05, 0.1) is 0 Å². The van der Waals surface area contributed by atoms with E-state index in [0.29, 0.717) is 13.2 Å². The number of carbonyl (C=O) groups is 1. The van der Waals surface area contributed by atoms with Crippen LogP contribution in [-0.2, 0) is 11.3 Å². The van der Waals surface area contributed by atoms with E-state index in [1.54, 1.807) is 0 Å². The SMILES string of the molecule is CC(C)(C)NCCC(=O)N1CCN(Cc2ccc3c(c2)OCO3)CC1. The second-order valence-electron chi connectivity index (χ2n) is 7.77. The number of hydrogen-bond acceptors (Lipinski definition) is 5. The third-order valence-corrected chi connectivity index (χ3v) is 4.56. The summed E-state index contributed by atoms with van der Waals surface area (Å²) in [4.78, 5) is 16.7. The Kier molecular flexibility index (Phi) is 5.49. The van der Waals surface area contributed by atoms with Crippen LogP contribution < -0.4 is 14.8 Å². The molecule has 1 N–H and O–H groups in total. The summed E-state index contributed by atoms with van der Waals surface area (Å²) in [6.07, 6.45) is 0.569. The van der Waals surface area contributed by atoms with E-state index in [-0.39, 0.29) is 11.4 Å². The predicted molar refractivity (Wildman–Crippen MR) is 96.8 cm³/mol. The van der Waals surface area contributed by atoms with E-state index < -0.39 is 0 Å². The van der Waals surface area contributed by atoms with Crippen LogP contribution in [0.5, 0.6) is 11.5 Å². The van der Waals surface area contributed by atoms with Crippen LogP contribution in [0.3, 0.4) is 0 Å². The van der Waals surface area contributed by atoms with Gasteiger partial charge in [0.15, 0.2) is 11.5 Å². The number of ether oxygens (including phenoxy) is 2. The summed E-state index contributed by atoms with van der Waals surface area (Å²) in [5.41, 5.74) is 1.28. The highest BCUT2D eigenvalue weighted by Gasteiger charge is 2.22. The molecule has 1 aromatic rings. The average molecular weight is 347 g/mol. The minimum atomic E-state index is 0.0591. The molecule has 0 aliphatic carbocycles. The van der Waals surface area contributed by atoms with Gasteiger partial charge in [0.1, 0.15) is 0 Å². The van der Waals surface area contributed by atoms with Crippen LogP contribution in [0.4, 0.5) is 0 Å². The summed E-state index contributed by atoms with van der Waals surface area (Å²) in [5.74, 6) is 1.90. The van der Waals surface area contributed by atoms with Gasteiger partial charge in [-0.15, -0.1) is 0 Å². The lowest BCUT2D eigenvalue weighted by molar-refractivity contribution is -0.132. The van der Waals surface area contributed by atoms with Crippen LogP contribution in [0.25, 0.3) is 0 Å². The minimum absolute atomic E-state index is 0.0591. The average Bonchev–Trinajstić information content (AvgIpc) is 3.02. The summed E-state index contributed by atoms with van der Waals surface area (Å²) in [7, 11) is 0. The molecule has 1 aromatic carbocycles. The van der Waals surface area contributed by atoms with Crippen molar-refractivity contribution in [1.82, 2.24) is 15.1 Å². The zero-order valence-electron chi connectivity index (χ0n) is 15.5. The van der Waals surface area contributed by atoms with Gasteiger partial charge < -0.3 is 19.7 Å². The first-order chi connectivity index (χ1) is 11.9. The second-order valence-corrected chi connectivity index (χ2v) is 7.77. The van der Waals surface area contributed by atoms with Crippen LogP contribution in [0.2, 0.25) is 0 Å². The van der Waals surface area contributed by atoms with Crippen molar-refractivity contribution in [3.05, 3.63) is 23.8 Å². The number of nitrogens with one attached hydrogen (secondary N) is 1. The summed E-state index contributed by atoms with van der Waals surface area (Å²) in [6, 6.07) is 6.11. The second kappa shape index (κ2) is 7.62. The Balaban J connectivity index is 1.42. The van der Waals surface area contributed by atoms with Gasteiger partial charge in [-0.3, -0.25) is 9.69 Å². The molecule has 6 heteroatoms. The molecule has 0 saturated carbocycles. The fourth-order valence-electron chi connectivity index (χ4n) is 3.16. The van der Waals surface area contributed by atoms with Crippen molar-refractivity contribution < 1.29 is 14.3 Å². The van der Waals surface area contributed by atoms with Crippen molar-refractivity contribution in [3.63, 3.8) is 0 Å². The van der Waals surface area contributed by atoms with Gasteiger partial charge in [-0.05, 0) is 38.5 Å². The minimum Gasteiger partial charge on any atom is -0.454 e. The van der Waals surface area contributed by atoms with Crippen molar-refractivity contribution in [2.75, 3.05) is 39.5 Å². The van der Waals surface area contributed by atoms with E-state index in [4.69, 9.17) is 9.47 Å². The lowest BCUT2D eigenvalue weighted by Gasteiger charge is -2.35. The number of carbonyl (C=O) groups excluding carboxylic acids is 1. The van der Waals surface area contributed by atoms with Gasteiger partial charge in [0, 0.05) is 51.2 Å². The number of hydrogen-bond donors (Lipinski definition) is 1. The third-order valence-electron chi connectivity index (χ3n) is 4.56. The highest BCUT2D eigenvalue weighted by atomic mass is 16.7. The lowest BCUT2D eigenvalue weighted by Crippen LogP contribution is -2.49. The van der Waals surface area contributed by atoms with Crippen LogP contribution in [0, 0.1) is 0 Å². The molecule has 2 aliphatic rings. The molecule has 0 radical (unpaired) electrons. The molecule has 0 aromatic heterocycles. The van der Waals surface area contributed by atoms with Crippen LogP contribution in [-0.4, -0.2) is 60.8 Å². The Labute approximate surface area is 150 Å². The van der Waals surface area contributed by atoms with Crippen molar-refractivity contribution in [2.24, 2.45) is 0 Å². The summed E-state index contributed by atoms with van der Waals surface area (Å²) >= 11 is 0. The molecule has 0 atom stereocenters. The molecule has 3 rings (SSSR count). The number of benzene rings is 1. The maximum Gasteiger partial charge on any atom is 0.231 e. The van der Waals surface area contributed by atoms with Crippen molar-refractivity contribution >= 4 is 5.91 Å². The number of fused-ring (bicyclic) bond motifs is 1. The molecular weight excluding hydrogens is 318 g/mol. The van der Waals surface area contributed by atoms with E-state index >= 15 is 0 Å². The first-order valence-corrected chi connectivity index (χ1v) is 9.04. The molecule has 2 heterocycles. The number of piperazine rings is 1. The van der Waals surface area contributed by atoms with Gasteiger partial charge in [-0.1, -0.05) is 6.07 Å². The third kappa shape index (κ3) is 5.09. The Bertz CT molecular complexity index is 604. The summed E-state index contributed by atoms with van der Waals surface area (Å²) < 4.78 is 10.8. The molecule has 138 valence electrons. The first-order valence-electron chi connectivity index (χ1n) is 9.04. The fourth-order valence-corrected chi connectivity index (χ4v) is 3.16. The molecule has 25 heavy (non-hydrogen) atoms. The molecule has 0 bridgehead atoms. The number of nitrogens with zero attached hydrogens (tertiary/aromatic N) is 2. The van der Waals surface area contributed by atoms with Crippen molar-refractivity contribution in [1.29, 1.82) is 0 Å². The number of amides is 1. The van der Waals surface area contributed by atoms with Crippen molar-refractivity contribution in [3.8, 4) is 11.5 Å². The van der Waals surface area contributed by atoms with Gasteiger partial charge in [-0.2, -0.15) is 0 Å². The predicted octanol–water partition coefficient (Wildman–Crippen LogP) is 1.84. The largest absolute Gasteiger partial charge is 0.454 e. The van der Waals surface area contributed by atoms with Gasteiger partial charge in [-0.25, -0.2) is 0 Å². The van der Waals surface area contributed by atoms with Gasteiger partial charge >= 0.3 is 0 Å². The van der Waals surface area contributed by atoms with E-state index in [0.717, 1.165) is 50.8 Å². The standard InChI is InChI=1S/C19H29N3O3/c1-19(2,3)20-7-6-18(23)22-10-8-21(9-11-22)13-15-4-5-16-17(12-15)25-14-24-16/h4-5,12,20H,6-11,13-14H2,1-3H3. The molecular formula is C19H29N3O3. The molecule has 1 amide bonds. The Morgan fingerprint density at radius 2 is 1.84 bits per heavy atom. The maximum absolute atomic E-state index is 12.3. The van der Waals surface area contributed by atoms with E-state index in [1.165, 1.54) is 5.56 Å². The van der Waals surface area contributed by atoms with Crippen LogP contribution in [0.15, 0.2) is 18.2 Å². The number of rotatable bonds is 5. The first kappa shape index (κ1) is 18.0. The van der Waals surface area contributed by atoms with E-state index in [9.17, 15) is 4.79 Å². The molecule has 0 unspecified atom stereocenters. The smallest absolute Gasteiger partial charge is 0.231 e. The molecule has 0 spiro atoms. The highest BCUT2D eigenvalue weighted by molar-refractivity contribution is 5.76. The molecule has 1 saturated heterocycles. The van der Waals surface area contributed by atoms with E-state index in [1.807, 2.05) is 11.0 Å². The Hall–Kier alpha value is -1.79.